The number of carbonyl (C=O) groups is 1. The summed E-state index contributed by atoms with van der Waals surface area (Å²) in [5.74, 6) is 0.346. The lowest BCUT2D eigenvalue weighted by atomic mass is 10.00. The number of halogens is 1. The molecule has 196 valence electrons. The number of amides is 1. The smallest absolute Gasteiger partial charge is 0.271 e. The van der Waals surface area contributed by atoms with Crippen molar-refractivity contribution < 1.29 is 9.53 Å². The van der Waals surface area contributed by atoms with Gasteiger partial charge in [0, 0.05) is 28.9 Å². The zero-order valence-corrected chi connectivity index (χ0v) is 21.6. The molecule has 0 radical (unpaired) electrons. The molecular formula is C28H29ClN6O3. The van der Waals surface area contributed by atoms with Crippen LogP contribution in [-0.2, 0) is 24.3 Å². The SMILES string of the molecule is COc1ccc(Cn2ncc(-c3cccc(N)c3)c(CC(=O)NCc3cccc(C(=N)N)c3)c2=O)cc1.Cl. The van der Waals surface area contributed by atoms with E-state index in [9.17, 15) is 9.59 Å². The van der Waals surface area contributed by atoms with Gasteiger partial charge in [-0.25, -0.2) is 4.68 Å². The molecule has 0 aliphatic rings. The summed E-state index contributed by atoms with van der Waals surface area (Å²) < 4.78 is 6.54. The maximum atomic E-state index is 13.5. The standard InChI is InChI=1S/C28H28N6O3.ClH/c1-37-23-10-8-18(9-11-23)17-34-28(36)24(25(16-33-34)20-5-3-7-22(29)13-20)14-26(35)32-15-19-4-2-6-21(12-19)27(30)31;/h2-13,16H,14-15,17,29H2,1H3,(H3,30,31)(H,32,35);1H. The predicted octanol–water partition coefficient (Wildman–Crippen LogP) is 3.11. The summed E-state index contributed by atoms with van der Waals surface area (Å²) in [6.07, 6.45) is 1.46. The van der Waals surface area contributed by atoms with Crippen LogP contribution < -0.4 is 27.1 Å². The van der Waals surface area contributed by atoms with Gasteiger partial charge in [-0.15, -0.1) is 12.4 Å². The molecule has 1 amide bonds. The average molecular weight is 533 g/mol. The molecule has 0 saturated heterocycles. The number of rotatable bonds is 9. The van der Waals surface area contributed by atoms with Crippen LogP contribution in [0.5, 0.6) is 5.75 Å². The van der Waals surface area contributed by atoms with Gasteiger partial charge >= 0.3 is 0 Å². The van der Waals surface area contributed by atoms with E-state index in [-0.39, 0.29) is 49.2 Å². The number of hydrogen-bond donors (Lipinski definition) is 4. The van der Waals surface area contributed by atoms with Crippen LogP contribution in [0.1, 0.15) is 22.3 Å². The molecule has 6 N–H and O–H groups in total. The van der Waals surface area contributed by atoms with Crippen LogP contribution in [0, 0.1) is 5.41 Å². The van der Waals surface area contributed by atoms with Crippen molar-refractivity contribution in [3.05, 3.63) is 112 Å². The lowest BCUT2D eigenvalue weighted by Gasteiger charge is -2.13. The lowest BCUT2D eigenvalue weighted by Crippen LogP contribution is -2.32. The minimum Gasteiger partial charge on any atom is -0.497 e. The molecule has 9 nitrogen and oxygen atoms in total. The van der Waals surface area contributed by atoms with Gasteiger partial charge in [0.05, 0.1) is 26.3 Å². The summed E-state index contributed by atoms with van der Waals surface area (Å²) in [5, 5.41) is 14.8. The Morgan fingerprint density at radius 1 is 1.05 bits per heavy atom. The average Bonchev–Trinajstić information content (AvgIpc) is 2.90. The Balaban J connectivity index is 0.00000400. The van der Waals surface area contributed by atoms with Crippen molar-refractivity contribution in [2.75, 3.05) is 12.8 Å². The molecule has 10 heteroatoms. The largest absolute Gasteiger partial charge is 0.497 e. The van der Waals surface area contributed by atoms with Crippen molar-refractivity contribution in [1.29, 1.82) is 5.41 Å². The highest BCUT2D eigenvalue weighted by molar-refractivity contribution is 5.95. The van der Waals surface area contributed by atoms with E-state index in [0.717, 1.165) is 11.1 Å². The number of methoxy groups -OCH3 is 1. The number of benzene rings is 3. The molecule has 0 aliphatic carbocycles. The van der Waals surface area contributed by atoms with Crippen LogP contribution in [-0.4, -0.2) is 28.6 Å². The molecule has 4 aromatic rings. The highest BCUT2D eigenvalue weighted by Crippen LogP contribution is 2.23. The van der Waals surface area contributed by atoms with Gasteiger partial charge in [-0.2, -0.15) is 5.10 Å². The fourth-order valence-corrected chi connectivity index (χ4v) is 3.94. The Morgan fingerprint density at radius 2 is 1.79 bits per heavy atom. The van der Waals surface area contributed by atoms with E-state index in [2.05, 4.69) is 10.4 Å². The number of nitrogens with zero attached hydrogens (tertiary/aromatic N) is 2. The van der Waals surface area contributed by atoms with Crippen molar-refractivity contribution in [1.82, 2.24) is 15.1 Å². The van der Waals surface area contributed by atoms with E-state index in [1.807, 2.05) is 36.4 Å². The van der Waals surface area contributed by atoms with Crippen molar-refractivity contribution in [3.63, 3.8) is 0 Å². The number of aromatic nitrogens is 2. The fourth-order valence-electron chi connectivity index (χ4n) is 3.94. The number of ether oxygens (including phenoxy) is 1. The molecule has 38 heavy (non-hydrogen) atoms. The molecular weight excluding hydrogens is 504 g/mol. The molecule has 0 spiro atoms. The number of nitrogen functional groups attached to an aromatic ring is 2. The van der Waals surface area contributed by atoms with Crippen LogP contribution in [0.4, 0.5) is 5.69 Å². The van der Waals surface area contributed by atoms with Gasteiger partial charge < -0.3 is 21.5 Å². The second-order valence-electron chi connectivity index (χ2n) is 8.54. The summed E-state index contributed by atoms with van der Waals surface area (Å²) >= 11 is 0. The summed E-state index contributed by atoms with van der Waals surface area (Å²) in [6.45, 7) is 0.477. The third-order valence-electron chi connectivity index (χ3n) is 5.90. The monoisotopic (exact) mass is 532 g/mol. The van der Waals surface area contributed by atoms with Crippen LogP contribution >= 0.6 is 12.4 Å². The van der Waals surface area contributed by atoms with E-state index in [4.69, 9.17) is 21.6 Å². The van der Waals surface area contributed by atoms with Crippen molar-refractivity contribution in [2.24, 2.45) is 5.73 Å². The number of amidine groups is 1. The number of hydrogen-bond acceptors (Lipinski definition) is 6. The van der Waals surface area contributed by atoms with E-state index in [1.165, 1.54) is 4.68 Å². The predicted molar refractivity (Wildman–Crippen MR) is 151 cm³/mol. The van der Waals surface area contributed by atoms with Gasteiger partial charge in [0.1, 0.15) is 11.6 Å². The first-order valence-corrected chi connectivity index (χ1v) is 11.6. The molecule has 1 heterocycles. The minimum absolute atomic E-state index is 0. The lowest BCUT2D eigenvalue weighted by molar-refractivity contribution is -0.120. The summed E-state index contributed by atoms with van der Waals surface area (Å²) in [7, 11) is 1.59. The van der Waals surface area contributed by atoms with E-state index >= 15 is 0 Å². The molecule has 0 atom stereocenters. The second kappa shape index (κ2) is 12.6. The van der Waals surface area contributed by atoms with E-state index < -0.39 is 0 Å². The van der Waals surface area contributed by atoms with Gasteiger partial charge in [-0.3, -0.25) is 15.0 Å². The van der Waals surface area contributed by atoms with Crippen LogP contribution in [0.3, 0.4) is 0 Å². The third-order valence-corrected chi connectivity index (χ3v) is 5.90. The van der Waals surface area contributed by atoms with Gasteiger partial charge in [0.25, 0.3) is 5.56 Å². The highest BCUT2D eigenvalue weighted by Gasteiger charge is 2.17. The van der Waals surface area contributed by atoms with E-state index in [0.29, 0.717) is 33.7 Å². The first-order chi connectivity index (χ1) is 17.8. The highest BCUT2D eigenvalue weighted by atomic mass is 35.5. The summed E-state index contributed by atoms with van der Waals surface area (Å²) in [4.78, 5) is 26.5. The molecule has 0 unspecified atom stereocenters. The van der Waals surface area contributed by atoms with Gasteiger partial charge in [-0.1, -0.05) is 42.5 Å². The molecule has 1 aromatic heterocycles. The van der Waals surface area contributed by atoms with Crippen LogP contribution in [0.15, 0.2) is 83.8 Å². The molecule has 0 fully saturated rings. The Hall–Kier alpha value is -4.63. The first-order valence-electron chi connectivity index (χ1n) is 11.6. The first kappa shape index (κ1) is 27.9. The Kier molecular flexibility index (Phi) is 9.23. The Morgan fingerprint density at radius 3 is 2.47 bits per heavy atom. The van der Waals surface area contributed by atoms with Crippen molar-refractivity contribution in [2.45, 2.75) is 19.5 Å². The zero-order chi connectivity index (χ0) is 26.4. The molecule has 3 aromatic carbocycles. The molecule has 0 bridgehead atoms. The maximum absolute atomic E-state index is 13.5. The quantitative estimate of drug-likeness (QED) is 0.148. The number of anilines is 1. The van der Waals surface area contributed by atoms with E-state index in [1.54, 1.807) is 49.7 Å². The Labute approximate surface area is 226 Å². The molecule has 4 rings (SSSR count). The van der Waals surface area contributed by atoms with Gasteiger partial charge in [-0.05, 0) is 47.0 Å². The van der Waals surface area contributed by atoms with Gasteiger partial charge in [0.2, 0.25) is 5.91 Å². The third kappa shape index (κ3) is 6.77. The van der Waals surface area contributed by atoms with Crippen LogP contribution in [0.2, 0.25) is 0 Å². The van der Waals surface area contributed by atoms with Crippen LogP contribution in [0.25, 0.3) is 11.1 Å². The topological polar surface area (TPSA) is 149 Å². The minimum atomic E-state index is -0.357. The Bertz CT molecular complexity index is 1500. The van der Waals surface area contributed by atoms with Crippen molar-refractivity contribution in [3.8, 4) is 16.9 Å². The normalized spacial score (nSPS) is 10.3. The number of nitrogens with one attached hydrogen (secondary N) is 2. The van der Waals surface area contributed by atoms with Crippen molar-refractivity contribution >= 4 is 29.8 Å². The number of nitrogens with two attached hydrogens (primary N) is 2. The van der Waals surface area contributed by atoms with Gasteiger partial charge in [0.15, 0.2) is 0 Å². The maximum Gasteiger partial charge on any atom is 0.271 e. The fraction of sp³-hybridized carbons (Fsp3) is 0.143. The molecule has 0 saturated carbocycles. The summed E-state index contributed by atoms with van der Waals surface area (Å²) in [5.41, 5.74) is 15.5. The second-order valence-corrected chi connectivity index (χ2v) is 8.54. The zero-order valence-electron chi connectivity index (χ0n) is 20.8. The molecule has 0 aliphatic heterocycles. The number of carbonyl (C=O) groups excluding carboxylic acids is 1. The summed E-state index contributed by atoms with van der Waals surface area (Å²) in [6, 6.07) is 21.6.